The summed E-state index contributed by atoms with van der Waals surface area (Å²) in [7, 11) is 2.96. The summed E-state index contributed by atoms with van der Waals surface area (Å²) in [4.78, 5) is 0. The van der Waals surface area contributed by atoms with E-state index in [4.69, 9.17) is 9.47 Å². The number of hydrogen-bond acceptors (Lipinski definition) is 2. The van der Waals surface area contributed by atoms with Crippen LogP contribution in [0.3, 0.4) is 0 Å². The van der Waals surface area contributed by atoms with E-state index in [-0.39, 0.29) is 11.6 Å². The molecular formula is C15H14F2O2. The van der Waals surface area contributed by atoms with Crippen LogP contribution >= 0.6 is 0 Å². The van der Waals surface area contributed by atoms with Crippen molar-refractivity contribution in [1.82, 2.24) is 0 Å². The Morgan fingerprint density at radius 3 is 1.26 bits per heavy atom. The molecule has 19 heavy (non-hydrogen) atoms. The van der Waals surface area contributed by atoms with Crippen molar-refractivity contribution in [1.29, 1.82) is 0 Å². The Morgan fingerprint density at radius 1 is 0.684 bits per heavy atom. The highest BCUT2D eigenvalue weighted by Gasteiger charge is 2.34. The number of methoxy groups -OCH3 is 2. The molecule has 0 saturated heterocycles. The fourth-order valence-electron chi connectivity index (χ4n) is 2.06. The average Bonchev–Trinajstić information content (AvgIpc) is 2.44. The van der Waals surface area contributed by atoms with Gasteiger partial charge in [0.25, 0.3) is 0 Å². The minimum atomic E-state index is -1.18. The molecule has 0 radical (unpaired) electrons. The maximum Gasteiger partial charge on any atom is 0.221 e. The lowest BCUT2D eigenvalue weighted by Gasteiger charge is -2.31. The molecule has 0 spiro atoms. The molecule has 0 unspecified atom stereocenters. The smallest absolute Gasteiger partial charge is 0.221 e. The summed E-state index contributed by atoms with van der Waals surface area (Å²) in [6, 6.07) is 11.6. The zero-order valence-corrected chi connectivity index (χ0v) is 10.7. The zero-order chi connectivity index (χ0) is 13.9. The SMILES string of the molecule is COC(OC)(c1ccc(F)cc1)c1ccc(F)cc1. The first kappa shape index (κ1) is 13.6. The lowest BCUT2D eigenvalue weighted by Crippen LogP contribution is -2.32. The molecule has 4 heteroatoms. The van der Waals surface area contributed by atoms with Crippen molar-refractivity contribution < 1.29 is 18.3 Å². The van der Waals surface area contributed by atoms with Gasteiger partial charge in [0.15, 0.2) is 0 Å². The van der Waals surface area contributed by atoms with Crippen LogP contribution in [0.15, 0.2) is 48.5 Å². The fraction of sp³-hybridized carbons (Fsp3) is 0.200. The highest BCUT2D eigenvalue weighted by atomic mass is 19.1. The Hall–Kier alpha value is -1.78. The van der Waals surface area contributed by atoms with Crippen LogP contribution in [0.5, 0.6) is 0 Å². The van der Waals surface area contributed by atoms with Gasteiger partial charge in [0.1, 0.15) is 11.6 Å². The third-order valence-electron chi connectivity index (χ3n) is 3.02. The van der Waals surface area contributed by atoms with Crippen molar-refractivity contribution in [3.8, 4) is 0 Å². The summed E-state index contributed by atoms with van der Waals surface area (Å²) < 4.78 is 37.0. The largest absolute Gasteiger partial charge is 0.346 e. The first-order chi connectivity index (χ1) is 9.12. The number of rotatable bonds is 4. The molecule has 100 valence electrons. The molecule has 0 aliphatic carbocycles. The number of hydrogen-bond donors (Lipinski definition) is 0. The highest BCUT2D eigenvalue weighted by Crippen LogP contribution is 2.34. The normalized spacial score (nSPS) is 11.6. The summed E-state index contributed by atoms with van der Waals surface area (Å²) >= 11 is 0. The predicted octanol–water partition coefficient (Wildman–Crippen LogP) is 3.46. The summed E-state index contributed by atoms with van der Waals surface area (Å²) in [6.45, 7) is 0. The minimum Gasteiger partial charge on any atom is -0.346 e. The molecule has 0 aliphatic rings. The topological polar surface area (TPSA) is 18.5 Å². The van der Waals surface area contributed by atoms with E-state index in [1.54, 1.807) is 24.3 Å². The van der Waals surface area contributed by atoms with Crippen LogP contribution in [-0.4, -0.2) is 14.2 Å². The first-order valence-electron chi connectivity index (χ1n) is 5.75. The van der Waals surface area contributed by atoms with E-state index in [1.807, 2.05) is 0 Å². The molecule has 0 atom stereocenters. The molecule has 0 heterocycles. The van der Waals surface area contributed by atoms with Gasteiger partial charge in [-0.25, -0.2) is 8.78 Å². The van der Waals surface area contributed by atoms with Crippen LogP contribution in [0, 0.1) is 11.6 Å². The Kier molecular flexibility index (Phi) is 3.93. The van der Waals surface area contributed by atoms with E-state index in [0.29, 0.717) is 11.1 Å². The van der Waals surface area contributed by atoms with E-state index < -0.39 is 5.79 Å². The molecule has 2 aromatic carbocycles. The maximum atomic E-state index is 13.0. The number of halogens is 2. The van der Waals surface area contributed by atoms with Gasteiger partial charge in [0, 0.05) is 25.3 Å². The van der Waals surface area contributed by atoms with Crippen molar-refractivity contribution >= 4 is 0 Å². The minimum absolute atomic E-state index is 0.344. The van der Waals surface area contributed by atoms with Gasteiger partial charge in [-0.05, 0) is 24.3 Å². The highest BCUT2D eigenvalue weighted by molar-refractivity contribution is 5.34. The van der Waals surface area contributed by atoms with Gasteiger partial charge >= 0.3 is 0 Å². The van der Waals surface area contributed by atoms with E-state index in [9.17, 15) is 8.78 Å². The van der Waals surface area contributed by atoms with Crippen molar-refractivity contribution in [3.05, 3.63) is 71.3 Å². The summed E-state index contributed by atoms with van der Waals surface area (Å²) in [6.07, 6.45) is 0. The Morgan fingerprint density at radius 2 is 1.00 bits per heavy atom. The Bertz CT molecular complexity index is 484. The van der Waals surface area contributed by atoms with Crippen LogP contribution in [0.2, 0.25) is 0 Å². The third kappa shape index (κ3) is 2.50. The fourth-order valence-corrected chi connectivity index (χ4v) is 2.06. The molecule has 0 bridgehead atoms. The summed E-state index contributed by atoms with van der Waals surface area (Å²) in [5, 5.41) is 0. The lowest BCUT2D eigenvalue weighted by molar-refractivity contribution is -0.183. The standard InChI is InChI=1S/C15H14F2O2/c1-18-15(19-2,11-3-7-13(16)8-4-11)12-5-9-14(17)10-6-12/h3-10H,1-2H3. The van der Waals surface area contributed by atoms with Crippen molar-refractivity contribution in [2.75, 3.05) is 14.2 Å². The van der Waals surface area contributed by atoms with E-state index in [2.05, 4.69) is 0 Å². The second kappa shape index (κ2) is 5.47. The van der Waals surface area contributed by atoms with Crippen LogP contribution in [0.4, 0.5) is 8.78 Å². The molecule has 2 rings (SSSR count). The number of ether oxygens (including phenoxy) is 2. The molecule has 0 saturated carbocycles. The van der Waals surface area contributed by atoms with Gasteiger partial charge in [0.05, 0.1) is 0 Å². The van der Waals surface area contributed by atoms with Gasteiger partial charge in [-0.1, -0.05) is 24.3 Å². The van der Waals surface area contributed by atoms with Gasteiger partial charge < -0.3 is 9.47 Å². The maximum absolute atomic E-state index is 13.0. The molecule has 2 aromatic rings. The molecule has 2 nitrogen and oxygen atoms in total. The summed E-state index contributed by atoms with van der Waals surface area (Å²) in [5.74, 6) is -1.87. The quantitative estimate of drug-likeness (QED) is 0.787. The van der Waals surface area contributed by atoms with Gasteiger partial charge in [-0.15, -0.1) is 0 Å². The molecule has 0 amide bonds. The predicted molar refractivity (Wildman–Crippen MR) is 67.6 cm³/mol. The zero-order valence-electron chi connectivity index (χ0n) is 10.7. The van der Waals surface area contributed by atoms with Crippen molar-refractivity contribution in [3.63, 3.8) is 0 Å². The summed E-state index contributed by atoms with van der Waals surface area (Å²) in [5.41, 5.74) is 1.26. The molecule has 0 N–H and O–H groups in total. The van der Waals surface area contributed by atoms with Gasteiger partial charge in [0.2, 0.25) is 5.79 Å². The van der Waals surface area contributed by atoms with E-state index in [1.165, 1.54) is 38.5 Å². The van der Waals surface area contributed by atoms with Crippen LogP contribution in [0.1, 0.15) is 11.1 Å². The van der Waals surface area contributed by atoms with Gasteiger partial charge in [-0.3, -0.25) is 0 Å². The van der Waals surface area contributed by atoms with E-state index >= 15 is 0 Å². The first-order valence-corrected chi connectivity index (χ1v) is 5.75. The lowest BCUT2D eigenvalue weighted by atomic mass is 9.97. The van der Waals surface area contributed by atoms with Crippen molar-refractivity contribution in [2.24, 2.45) is 0 Å². The van der Waals surface area contributed by atoms with E-state index in [0.717, 1.165) is 0 Å². The third-order valence-corrected chi connectivity index (χ3v) is 3.02. The van der Waals surface area contributed by atoms with Crippen LogP contribution < -0.4 is 0 Å². The second-order valence-electron chi connectivity index (χ2n) is 4.04. The Labute approximate surface area is 110 Å². The van der Waals surface area contributed by atoms with Gasteiger partial charge in [-0.2, -0.15) is 0 Å². The van der Waals surface area contributed by atoms with Crippen molar-refractivity contribution in [2.45, 2.75) is 5.79 Å². The molecule has 0 fully saturated rings. The average molecular weight is 264 g/mol. The second-order valence-corrected chi connectivity index (χ2v) is 4.04. The Balaban J connectivity index is 2.53. The monoisotopic (exact) mass is 264 g/mol. The molecule has 0 aliphatic heterocycles. The van der Waals surface area contributed by atoms with Crippen LogP contribution in [-0.2, 0) is 15.3 Å². The van der Waals surface area contributed by atoms with Crippen LogP contribution in [0.25, 0.3) is 0 Å². The molecular weight excluding hydrogens is 250 g/mol. The molecule has 0 aromatic heterocycles. The number of benzene rings is 2.